The van der Waals surface area contributed by atoms with Gasteiger partial charge in [0.25, 0.3) is 0 Å². The third kappa shape index (κ3) is 6.78. The fourth-order valence-corrected chi connectivity index (χ4v) is 2.05. The van der Waals surface area contributed by atoms with Gasteiger partial charge in [-0.2, -0.15) is 0 Å². The Balaban J connectivity index is 2.41. The Morgan fingerprint density at radius 2 is 2.16 bits per heavy atom. The van der Waals surface area contributed by atoms with Crippen LogP contribution in [0.15, 0.2) is 4.99 Å². The molecule has 1 aliphatic heterocycles. The van der Waals surface area contributed by atoms with E-state index in [2.05, 4.69) is 55.1 Å². The van der Waals surface area contributed by atoms with Crippen LogP contribution < -0.4 is 10.6 Å². The number of aliphatic imine (C=N–C) groups is 1. The van der Waals surface area contributed by atoms with Gasteiger partial charge in [-0.25, -0.2) is 0 Å². The number of morpholine rings is 1. The molecule has 0 radical (unpaired) electrons. The zero-order valence-corrected chi connectivity index (χ0v) is 13.1. The predicted octanol–water partition coefficient (Wildman–Crippen LogP) is 1.06. The van der Waals surface area contributed by atoms with Crippen LogP contribution in [0, 0.1) is 0 Å². The van der Waals surface area contributed by atoms with E-state index in [1.165, 1.54) is 0 Å². The highest BCUT2D eigenvalue weighted by Gasteiger charge is 2.18. The maximum atomic E-state index is 5.44. The van der Waals surface area contributed by atoms with E-state index in [4.69, 9.17) is 4.74 Å². The van der Waals surface area contributed by atoms with Crippen molar-refractivity contribution in [2.45, 2.75) is 46.2 Å². The van der Waals surface area contributed by atoms with Gasteiger partial charge in [-0.05, 0) is 34.6 Å². The quantitative estimate of drug-likeness (QED) is 0.592. The lowest BCUT2D eigenvalue weighted by Crippen LogP contribution is -2.48. The monoisotopic (exact) mass is 270 g/mol. The summed E-state index contributed by atoms with van der Waals surface area (Å²) < 4.78 is 5.44. The minimum atomic E-state index is 0.0350. The van der Waals surface area contributed by atoms with Crippen LogP contribution in [0.25, 0.3) is 0 Å². The summed E-state index contributed by atoms with van der Waals surface area (Å²) in [4.78, 5) is 7.08. The second-order valence-corrected chi connectivity index (χ2v) is 6.10. The third-order valence-corrected chi connectivity index (χ3v) is 3.00. The molecule has 1 fully saturated rings. The Bertz CT molecular complexity index is 286. The zero-order chi connectivity index (χ0) is 14.3. The Morgan fingerprint density at radius 1 is 1.42 bits per heavy atom. The summed E-state index contributed by atoms with van der Waals surface area (Å²) in [5.74, 6) is 0.899. The first-order valence-electron chi connectivity index (χ1n) is 7.30. The van der Waals surface area contributed by atoms with Crippen molar-refractivity contribution >= 4 is 5.96 Å². The number of rotatable bonds is 4. The summed E-state index contributed by atoms with van der Waals surface area (Å²) >= 11 is 0. The largest absolute Gasteiger partial charge is 0.379 e. The van der Waals surface area contributed by atoms with E-state index < -0.39 is 0 Å². The van der Waals surface area contributed by atoms with Crippen LogP contribution in [0.4, 0.5) is 0 Å². The first kappa shape index (κ1) is 16.2. The average molecular weight is 270 g/mol. The van der Waals surface area contributed by atoms with Crippen molar-refractivity contribution in [2.75, 3.05) is 39.4 Å². The van der Waals surface area contributed by atoms with Gasteiger partial charge in [-0.1, -0.05) is 0 Å². The summed E-state index contributed by atoms with van der Waals surface area (Å²) in [7, 11) is 0. The highest BCUT2D eigenvalue weighted by atomic mass is 16.5. The number of guanidine groups is 1. The van der Waals surface area contributed by atoms with E-state index in [0.29, 0.717) is 6.04 Å². The highest BCUT2D eigenvalue weighted by molar-refractivity contribution is 5.80. The number of ether oxygens (including phenoxy) is 1. The van der Waals surface area contributed by atoms with Gasteiger partial charge in [0.15, 0.2) is 5.96 Å². The van der Waals surface area contributed by atoms with Crippen molar-refractivity contribution in [3.63, 3.8) is 0 Å². The van der Waals surface area contributed by atoms with Crippen molar-refractivity contribution in [3.05, 3.63) is 0 Å². The molecule has 0 amide bonds. The molecule has 0 aromatic carbocycles. The minimum absolute atomic E-state index is 0.0350. The molecule has 1 aliphatic rings. The van der Waals surface area contributed by atoms with Gasteiger partial charge in [-0.3, -0.25) is 9.89 Å². The smallest absolute Gasteiger partial charge is 0.191 e. The maximum Gasteiger partial charge on any atom is 0.191 e. The molecule has 0 aromatic rings. The van der Waals surface area contributed by atoms with Crippen LogP contribution in [0.5, 0.6) is 0 Å². The van der Waals surface area contributed by atoms with Crippen molar-refractivity contribution in [2.24, 2.45) is 4.99 Å². The molecular weight excluding hydrogens is 240 g/mol. The highest BCUT2D eigenvalue weighted by Crippen LogP contribution is 2.05. The lowest BCUT2D eigenvalue weighted by molar-refractivity contribution is 0.00141. The van der Waals surface area contributed by atoms with Crippen molar-refractivity contribution < 1.29 is 4.74 Å². The lowest BCUT2D eigenvalue weighted by atomic mass is 10.1. The molecule has 1 unspecified atom stereocenters. The molecule has 112 valence electrons. The first-order valence-corrected chi connectivity index (χ1v) is 7.30. The van der Waals surface area contributed by atoms with Crippen LogP contribution in [0.3, 0.4) is 0 Å². The molecule has 19 heavy (non-hydrogen) atoms. The topological polar surface area (TPSA) is 48.9 Å². The van der Waals surface area contributed by atoms with Gasteiger partial charge in [0.05, 0.1) is 19.8 Å². The molecule has 1 heterocycles. The number of nitrogens with zero attached hydrogens (tertiary/aromatic N) is 2. The summed E-state index contributed by atoms with van der Waals surface area (Å²) in [6.45, 7) is 16.1. The molecule has 0 aromatic heterocycles. The molecule has 0 spiro atoms. The van der Waals surface area contributed by atoms with Crippen LogP contribution in [0.1, 0.15) is 34.6 Å². The van der Waals surface area contributed by atoms with Gasteiger partial charge < -0.3 is 15.4 Å². The van der Waals surface area contributed by atoms with E-state index in [9.17, 15) is 0 Å². The van der Waals surface area contributed by atoms with Gasteiger partial charge >= 0.3 is 0 Å². The SMILES string of the molecule is CCNC(=NCCN1CCOCC1C)NC(C)(C)C. The fraction of sp³-hybridized carbons (Fsp3) is 0.929. The summed E-state index contributed by atoms with van der Waals surface area (Å²) in [5, 5.41) is 6.69. The van der Waals surface area contributed by atoms with Crippen molar-refractivity contribution in [3.8, 4) is 0 Å². The number of nitrogens with one attached hydrogen (secondary N) is 2. The van der Waals surface area contributed by atoms with Crippen molar-refractivity contribution in [1.82, 2.24) is 15.5 Å². The van der Waals surface area contributed by atoms with E-state index in [0.717, 1.165) is 45.4 Å². The summed E-state index contributed by atoms with van der Waals surface area (Å²) in [5.41, 5.74) is 0.0350. The van der Waals surface area contributed by atoms with Gasteiger partial charge in [0.2, 0.25) is 0 Å². The molecule has 1 atom stereocenters. The Kier molecular flexibility index (Phi) is 6.58. The molecule has 5 nitrogen and oxygen atoms in total. The minimum Gasteiger partial charge on any atom is -0.379 e. The van der Waals surface area contributed by atoms with Crippen LogP contribution in [-0.2, 0) is 4.74 Å². The summed E-state index contributed by atoms with van der Waals surface area (Å²) in [6.07, 6.45) is 0. The van der Waals surface area contributed by atoms with E-state index in [1.54, 1.807) is 0 Å². The Hall–Kier alpha value is -0.810. The van der Waals surface area contributed by atoms with E-state index in [-0.39, 0.29) is 5.54 Å². The van der Waals surface area contributed by atoms with Gasteiger partial charge in [0.1, 0.15) is 0 Å². The molecule has 0 saturated carbocycles. The fourth-order valence-electron chi connectivity index (χ4n) is 2.05. The molecule has 1 rings (SSSR count). The maximum absolute atomic E-state index is 5.44. The molecule has 5 heteroatoms. The van der Waals surface area contributed by atoms with E-state index >= 15 is 0 Å². The second-order valence-electron chi connectivity index (χ2n) is 6.10. The molecule has 0 aliphatic carbocycles. The predicted molar refractivity (Wildman–Crippen MR) is 80.7 cm³/mol. The van der Waals surface area contributed by atoms with E-state index in [1.807, 2.05) is 0 Å². The average Bonchev–Trinajstić information content (AvgIpc) is 2.30. The molecular formula is C14H30N4O. The van der Waals surface area contributed by atoms with Gasteiger partial charge in [-0.15, -0.1) is 0 Å². The Morgan fingerprint density at radius 3 is 2.74 bits per heavy atom. The number of hydrogen-bond donors (Lipinski definition) is 2. The lowest BCUT2D eigenvalue weighted by Gasteiger charge is -2.32. The Labute approximate surface area is 117 Å². The third-order valence-electron chi connectivity index (χ3n) is 3.00. The standard InChI is InChI=1S/C14H30N4O/c1-6-15-13(17-14(3,4)5)16-7-8-18-9-10-19-11-12(18)2/h12H,6-11H2,1-5H3,(H2,15,16,17). The second kappa shape index (κ2) is 7.70. The number of hydrogen-bond acceptors (Lipinski definition) is 3. The van der Waals surface area contributed by atoms with Crippen LogP contribution in [-0.4, -0.2) is 61.8 Å². The van der Waals surface area contributed by atoms with Crippen molar-refractivity contribution in [1.29, 1.82) is 0 Å². The first-order chi connectivity index (χ1) is 8.92. The van der Waals surface area contributed by atoms with Crippen LogP contribution in [0.2, 0.25) is 0 Å². The van der Waals surface area contributed by atoms with Gasteiger partial charge in [0, 0.05) is 31.2 Å². The molecule has 2 N–H and O–H groups in total. The molecule has 1 saturated heterocycles. The normalized spacial score (nSPS) is 22.4. The summed E-state index contributed by atoms with van der Waals surface area (Å²) in [6, 6.07) is 0.502. The van der Waals surface area contributed by atoms with Crippen LogP contribution >= 0.6 is 0 Å². The zero-order valence-electron chi connectivity index (χ0n) is 13.1. The molecule has 0 bridgehead atoms.